The van der Waals surface area contributed by atoms with Gasteiger partial charge in [-0.05, 0) is 60.2 Å². The zero-order valence-electron chi connectivity index (χ0n) is 22.5. The number of thioether (sulfide) groups is 1. The molecule has 2 N–H and O–H groups in total. The molecule has 0 aliphatic carbocycles. The van der Waals surface area contributed by atoms with Gasteiger partial charge in [0.25, 0.3) is 5.91 Å². The second-order valence-corrected chi connectivity index (χ2v) is 9.83. The number of hydrogen-bond acceptors (Lipinski definition) is 6. The standard InChI is InChI=1S/C28H30N4O3S.C2H6/c1-3-32-23(13-19-5-7-20(8-6-19)16-30-35)15-22-14-21(9-12-27(22)32)28(34)31-26(18-33)25-11-10-24(17-29-25)36-4-2;1-2/h5-12,14-15,17,26,33H,3-4,13,16,18H2,1-2H3,(H,31,34);1-2H3. The van der Waals surface area contributed by atoms with E-state index in [2.05, 4.69) is 40.0 Å². The summed E-state index contributed by atoms with van der Waals surface area (Å²) in [6.45, 7) is 8.93. The lowest BCUT2D eigenvalue weighted by Crippen LogP contribution is -2.31. The van der Waals surface area contributed by atoms with Crippen LogP contribution in [-0.4, -0.2) is 32.9 Å². The Hall–Kier alpha value is -3.49. The summed E-state index contributed by atoms with van der Waals surface area (Å²) in [5.74, 6) is 0.700. The van der Waals surface area contributed by atoms with E-state index in [-0.39, 0.29) is 19.1 Å². The average Bonchev–Trinajstić information content (AvgIpc) is 3.30. The van der Waals surface area contributed by atoms with E-state index in [0.29, 0.717) is 11.3 Å². The molecule has 0 aliphatic heterocycles. The molecule has 1 amide bonds. The van der Waals surface area contributed by atoms with Crippen LogP contribution in [0.25, 0.3) is 10.9 Å². The number of nitrogens with one attached hydrogen (secondary N) is 1. The number of hydrogen-bond donors (Lipinski definition) is 2. The minimum absolute atomic E-state index is 0.177. The molecule has 8 heteroatoms. The van der Waals surface area contributed by atoms with Crippen LogP contribution < -0.4 is 5.32 Å². The van der Waals surface area contributed by atoms with Gasteiger partial charge in [-0.15, -0.1) is 11.8 Å². The fourth-order valence-corrected chi connectivity index (χ4v) is 4.96. The number of pyridine rings is 1. The van der Waals surface area contributed by atoms with E-state index >= 15 is 0 Å². The summed E-state index contributed by atoms with van der Waals surface area (Å²) in [7, 11) is 0. The van der Waals surface area contributed by atoms with E-state index in [1.54, 1.807) is 18.0 Å². The number of rotatable bonds is 11. The fourth-order valence-electron chi connectivity index (χ4n) is 4.34. The van der Waals surface area contributed by atoms with Gasteiger partial charge in [0.2, 0.25) is 0 Å². The first-order valence-electron chi connectivity index (χ1n) is 13.1. The lowest BCUT2D eigenvalue weighted by atomic mass is 10.1. The van der Waals surface area contributed by atoms with Crippen molar-refractivity contribution in [3.05, 3.63) is 99.8 Å². The van der Waals surface area contributed by atoms with E-state index in [4.69, 9.17) is 0 Å². The van der Waals surface area contributed by atoms with E-state index in [1.807, 2.05) is 68.4 Å². The molecule has 4 rings (SSSR count). The Balaban J connectivity index is 0.00000195. The number of nitrogens with zero attached hydrogens (tertiary/aromatic N) is 3. The molecule has 200 valence electrons. The maximum Gasteiger partial charge on any atom is 0.251 e. The minimum atomic E-state index is -0.581. The molecule has 0 radical (unpaired) electrons. The predicted molar refractivity (Wildman–Crippen MR) is 156 cm³/mol. The van der Waals surface area contributed by atoms with E-state index in [9.17, 15) is 14.8 Å². The predicted octanol–water partition coefficient (Wildman–Crippen LogP) is 6.52. The third-order valence-corrected chi connectivity index (χ3v) is 7.00. The Morgan fingerprint density at radius 2 is 1.79 bits per heavy atom. The van der Waals surface area contributed by atoms with Crippen molar-refractivity contribution < 1.29 is 9.90 Å². The molecule has 0 saturated carbocycles. The van der Waals surface area contributed by atoms with Crippen molar-refractivity contribution in [1.29, 1.82) is 0 Å². The molecule has 1 atom stereocenters. The normalized spacial score (nSPS) is 11.5. The van der Waals surface area contributed by atoms with Gasteiger partial charge in [-0.2, -0.15) is 4.91 Å². The first kappa shape index (κ1) is 29.1. The van der Waals surface area contributed by atoms with E-state index in [1.165, 1.54) is 0 Å². The van der Waals surface area contributed by atoms with Crippen molar-refractivity contribution in [2.45, 2.75) is 58.1 Å². The summed E-state index contributed by atoms with van der Waals surface area (Å²) >= 11 is 1.69. The molecule has 4 aromatic rings. The summed E-state index contributed by atoms with van der Waals surface area (Å²) in [5.41, 5.74) is 5.41. The molecule has 2 aromatic carbocycles. The van der Waals surface area contributed by atoms with Gasteiger partial charge >= 0.3 is 0 Å². The van der Waals surface area contributed by atoms with Crippen LogP contribution in [0.3, 0.4) is 0 Å². The number of benzene rings is 2. The van der Waals surface area contributed by atoms with Gasteiger partial charge < -0.3 is 15.0 Å². The SMILES string of the molecule is CC.CCSc1ccc(C(CO)NC(=O)c2ccc3c(c2)cc(Cc2ccc(CN=O)cc2)n3CC)nc1. The number of aliphatic hydroxyl groups is 1. The monoisotopic (exact) mass is 532 g/mol. The first-order valence-corrected chi connectivity index (χ1v) is 14.0. The smallest absolute Gasteiger partial charge is 0.251 e. The fraction of sp³-hybridized carbons (Fsp3) is 0.333. The van der Waals surface area contributed by atoms with Crippen molar-refractivity contribution in [1.82, 2.24) is 14.9 Å². The highest BCUT2D eigenvalue weighted by atomic mass is 32.2. The van der Waals surface area contributed by atoms with Crippen LogP contribution >= 0.6 is 11.8 Å². The van der Waals surface area contributed by atoms with Crippen LogP contribution in [0.5, 0.6) is 0 Å². The molecule has 2 heterocycles. The summed E-state index contributed by atoms with van der Waals surface area (Å²) in [4.78, 5) is 29.0. The Morgan fingerprint density at radius 3 is 2.39 bits per heavy atom. The number of nitroso groups, excluding NO2 is 1. The number of aromatic nitrogens is 2. The molecule has 38 heavy (non-hydrogen) atoms. The molecular formula is C30H36N4O3S. The highest BCUT2D eigenvalue weighted by Gasteiger charge is 2.18. The lowest BCUT2D eigenvalue weighted by molar-refractivity contribution is 0.0915. The summed E-state index contributed by atoms with van der Waals surface area (Å²) < 4.78 is 2.24. The van der Waals surface area contributed by atoms with E-state index < -0.39 is 6.04 Å². The van der Waals surface area contributed by atoms with Crippen LogP contribution in [-0.2, 0) is 19.5 Å². The number of aryl methyl sites for hydroxylation is 1. The van der Waals surface area contributed by atoms with Crippen LogP contribution in [0.4, 0.5) is 0 Å². The lowest BCUT2D eigenvalue weighted by Gasteiger charge is -2.16. The Kier molecular flexibility index (Phi) is 11.1. The Bertz CT molecular complexity index is 1330. The number of fused-ring (bicyclic) bond motifs is 1. The van der Waals surface area contributed by atoms with Crippen molar-refractivity contribution >= 4 is 28.6 Å². The summed E-state index contributed by atoms with van der Waals surface area (Å²) in [6, 6.07) is 18.9. The van der Waals surface area contributed by atoms with Crippen LogP contribution in [0.15, 0.2) is 76.9 Å². The average molecular weight is 533 g/mol. The zero-order chi connectivity index (χ0) is 27.5. The summed E-state index contributed by atoms with van der Waals surface area (Å²) in [6.07, 6.45) is 2.51. The molecule has 0 aliphatic rings. The Labute approximate surface area is 228 Å². The topological polar surface area (TPSA) is 96.6 Å². The third kappa shape index (κ3) is 7.08. The van der Waals surface area contributed by atoms with Crippen LogP contribution in [0.1, 0.15) is 66.6 Å². The highest BCUT2D eigenvalue weighted by Crippen LogP contribution is 2.25. The second kappa shape index (κ2) is 14.4. The first-order chi connectivity index (χ1) is 18.6. The number of carbonyl (C=O) groups is 1. The number of amides is 1. The van der Waals surface area contributed by atoms with Gasteiger partial charge in [0.05, 0.1) is 18.3 Å². The van der Waals surface area contributed by atoms with Gasteiger partial charge in [-0.25, -0.2) is 0 Å². The van der Waals surface area contributed by atoms with Crippen molar-refractivity contribution in [2.24, 2.45) is 5.18 Å². The molecular weight excluding hydrogens is 496 g/mol. The van der Waals surface area contributed by atoms with Crippen molar-refractivity contribution in [2.75, 3.05) is 12.4 Å². The highest BCUT2D eigenvalue weighted by molar-refractivity contribution is 7.99. The second-order valence-electron chi connectivity index (χ2n) is 8.49. The molecule has 0 fully saturated rings. The molecule has 0 bridgehead atoms. The third-order valence-electron chi connectivity index (χ3n) is 6.14. The maximum atomic E-state index is 13.0. The molecule has 0 saturated heterocycles. The van der Waals surface area contributed by atoms with Gasteiger partial charge in [-0.1, -0.05) is 50.2 Å². The number of aliphatic hydroxyl groups excluding tert-OH is 1. The molecule has 2 aromatic heterocycles. The molecule has 0 spiro atoms. The van der Waals surface area contributed by atoms with E-state index in [0.717, 1.165) is 51.3 Å². The maximum absolute atomic E-state index is 13.0. The van der Waals surface area contributed by atoms with Gasteiger partial charge in [0.15, 0.2) is 0 Å². The Morgan fingerprint density at radius 1 is 1.05 bits per heavy atom. The van der Waals surface area contributed by atoms with Gasteiger partial charge in [0.1, 0.15) is 6.54 Å². The van der Waals surface area contributed by atoms with Gasteiger partial charge in [-0.3, -0.25) is 9.78 Å². The largest absolute Gasteiger partial charge is 0.394 e. The van der Waals surface area contributed by atoms with Gasteiger partial charge in [0, 0.05) is 46.2 Å². The van der Waals surface area contributed by atoms with Crippen LogP contribution in [0.2, 0.25) is 0 Å². The minimum Gasteiger partial charge on any atom is -0.394 e. The quantitative estimate of drug-likeness (QED) is 0.169. The summed E-state index contributed by atoms with van der Waals surface area (Å²) in [5, 5.41) is 16.7. The van der Waals surface area contributed by atoms with Crippen LogP contribution in [0, 0.1) is 4.91 Å². The van der Waals surface area contributed by atoms with Crippen molar-refractivity contribution in [3.63, 3.8) is 0 Å². The number of carbonyl (C=O) groups excluding carboxylic acids is 1. The van der Waals surface area contributed by atoms with Crippen molar-refractivity contribution in [3.8, 4) is 0 Å². The molecule has 7 nitrogen and oxygen atoms in total. The zero-order valence-corrected chi connectivity index (χ0v) is 23.3. The molecule has 1 unspecified atom stereocenters.